The van der Waals surface area contributed by atoms with Crippen molar-refractivity contribution in [2.45, 2.75) is 19.3 Å². The Hall–Kier alpha value is -0.800. The molecule has 1 saturated heterocycles. The van der Waals surface area contributed by atoms with Crippen molar-refractivity contribution in [3.05, 3.63) is 29.0 Å². The second-order valence-corrected chi connectivity index (χ2v) is 3.89. The van der Waals surface area contributed by atoms with Crippen molar-refractivity contribution in [3.63, 3.8) is 0 Å². The molecule has 0 unspecified atom stereocenters. The summed E-state index contributed by atoms with van der Waals surface area (Å²) in [5.74, 6) is -0.439. The lowest BCUT2D eigenvalue weighted by atomic mass is 10.2. The van der Waals surface area contributed by atoms with E-state index in [4.69, 9.17) is 17.3 Å². The van der Waals surface area contributed by atoms with Gasteiger partial charge in [0.05, 0.1) is 5.02 Å². The lowest BCUT2D eigenvalue weighted by Crippen LogP contribution is -2.21. The first-order chi connectivity index (χ1) is 7.20. The van der Waals surface area contributed by atoms with E-state index in [1.54, 1.807) is 0 Å². The number of nitrogen functional groups attached to an aromatic ring is 1. The number of anilines is 1. The highest BCUT2D eigenvalue weighted by atomic mass is 35.5. The fourth-order valence-electron chi connectivity index (χ4n) is 1.31. The number of piperidine rings is 1. The van der Waals surface area contributed by atoms with E-state index in [9.17, 15) is 4.39 Å². The van der Waals surface area contributed by atoms with Crippen molar-refractivity contribution in [1.29, 1.82) is 0 Å². The molecule has 1 aromatic rings. The standard InChI is InChI=1S/C6H5ClFN.C5H11N/c7-5-3-4(9)1-2-6(5)8;1-2-4-6-5-3-1/h1-3H,9H2;6H,1-5H2. The maximum atomic E-state index is 12.3. The van der Waals surface area contributed by atoms with Gasteiger partial charge in [-0.15, -0.1) is 0 Å². The van der Waals surface area contributed by atoms with Crippen LogP contribution in [0.1, 0.15) is 19.3 Å². The van der Waals surface area contributed by atoms with Gasteiger partial charge in [-0.2, -0.15) is 0 Å². The van der Waals surface area contributed by atoms with Crippen LogP contribution < -0.4 is 11.1 Å². The van der Waals surface area contributed by atoms with Crippen LogP contribution in [0.4, 0.5) is 10.1 Å². The largest absolute Gasteiger partial charge is 0.399 e. The molecular weight excluding hydrogens is 215 g/mol. The Morgan fingerprint density at radius 2 is 1.87 bits per heavy atom. The molecule has 84 valence electrons. The van der Waals surface area contributed by atoms with Crippen molar-refractivity contribution in [2.24, 2.45) is 0 Å². The first kappa shape index (κ1) is 12.3. The second-order valence-electron chi connectivity index (χ2n) is 3.48. The van der Waals surface area contributed by atoms with Crippen molar-refractivity contribution in [1.82, 2.24) is 5.32 Å². The van der Waals surface area contributed by atoms with Crippen molar-refractivity contribution in [2.75, 3.05) is 18.8 Å². The zero-order valence-corrected chi connectivity index (χ0v) is 9.36. The van der Waals surface area contributed by atoms with Crippen LogP contribution in [-0.2, 0) is 0 Å². The van der Waals surface area contributed by atoms with Gasteiger partial charge < -0.3 is 11.1 Å². The minimum Gasteiger partial charge on any atom is -0.399 e. The topological polar surface area (TPSA) is 38.0 Å². The molecule has 4 heteroatoms. The van der Waals surface area contributed by atoms with Gasteiger partial charge in [0.25, 0.3) is 0 Å². The van der Waals surface area contributed by atoms with Crippen LogP contribution in [0.2, 0.25) is 5.02 Å². The van der Waals surface area contributed by atoms with Crippen molar-refractivity contribution < 1.29 is 4.39 Å². The van der Waals surface area contributed by atoms with Gasteiger partial charge in [-0.05, 0) is 44.1 Å². The zero-order chi connectivity index (χ0) is 11.1. The molecule has 1 aliphatic rings. The molecule has 1 heterocycles. The molecule has 0 saturated carbocycles. The third-order valence-electron chi connectivity index (χ3n) is 2.15. The Balaban J connectivity index is 0.000000162. The predicted molar refractivity (Wildman–Crippen MR) is 62.5 cm³/mol. The molecule has 2 nitrogen and oxygen atoms in total. The molecular formula is C11H16ClFN2. The molecule has 1 aliphatic heterocycles. The highest BCUT2D eigenvalue weighted by Crippen LogP contribution is 2.16. The third-order valence-corrected chi connectivity index (χ3v) is 2.44. The van der Waals surface area contributed by atoms with E-state index in [1.807, 2.05) is 0 Å². The number of hydrogen-bond acceptors (Lipinski definition) is 2. The number of hydrogen-bond donors (Lipinski definition) is 2. The highest BCUT2D eigenvalue weighted by molar-refractivity contribution is 6.31. The van der Waals surface area contributed by atoms with Crippen LogP contribution in [-0.4, -0.2) is 13.1 Å². The van der Waals surface area contributed by atoms with E-state index in [-0.39, 0.29) is 5.02 Å². The Morgan fingerprint density at radius 3 is 2.20 bits per heavy atom. The summed E-state index contributed by atoms with van der Waals surface area (Å²) in [5.41, 5.74) is 5.75. The van der Waals surface area contributed by atoms with Crippen molar-refractivity contribution in [3.8, 4) is 0 Å². The number of nitrogens with one attached hydrogen (secondary N) is 1. The van der Waals surface area contributed by atoms with E-state index < -0.39 is 5.82 Å². The van der Waals surface area contributed by atoms with E-state index >= 15 is 0 Å². The van der Waals surface area contributed by atoms with E-state index in [0.29, 0.717) is 5.69 Å². The van der Waals surface area contributed by atoms with Crippen LogP contribution in [0.5, 0.6) is 0 Å². The van der Waals surface area contributed by atoms with Gasteiger partial charge in [0.15, 0.2) is 0 Å². The quantitative estimate of drug-likeness (QED) is 0.673. The first-order valence-electron chi connectivity index (χ1n) is 5.11. The van der Waals surface area contributed by atoms with Crippen molar-refractivity contribution >= 4 is 17.3 Å². The summed E-state index contributed by atoms with van der Waals surface area (Å²) >= 11 is 5.36. The SMILES string of the molecule is C1CCNCC1.Nc1ccc(F)c(Cl)c1. The second kappa shape index (κ2) is 6.64. The summed E-state index contributed by atoms with van der Waals surface area (Å²) in [5, 5.41) is 3.35. The van der Waals surface area contributed by atoms with Gasteiger partial charge >= 0.3 is 0 Å². The molecule has 0 aliphatic carbocycles. The maximum absolute atomic E-state index is 12.3. The molecule has 1 fully saturated rings. The lowest BCUT2D eigenvalue weighted by Gasteiger charge is -2.08. The summed E-state index contributed by atoms with van der Waals surface area (Å²) in [6.45, 7) is 2.50. The fraction of sp³-hybridized carbons (Fsp3) is 0.455. The van der Waals surface area contributed by atoms with Gasteiger partial charge in [0.1, 0.15) is 5.82 Å². The van der Waals surface area contributed by atoms with Gasteiger partial charge in [-0.3, -0.25) is 0 Å². The van der Waals surface area contributed by atoms with Crippen LogP contribution in [0.15, 0.2) is 18.2 Å². The molecule has 0 bridgehead atoms. The van der Waals surface area contributed by atoms with Gasteiger partial charge in [-0.25, -0.2) is 4.39 Å². The number of rotatable bonds is 0. The van der Waals surface area contributed by atoms with Crippen LogP contribution in [0.3, 0.4) is 0 Å². The van der Waals surface area contributed by atoms with Crippen LogP contribution in [0, 0.1) is 5.82 Å². The number of halogens is 2. The maximum Gasteiger partial charge on any atom is 0.141 e. The third kappa shape index (κ3) is 5.00. The predicted octanol–water partition coefficient (Wildman–Crippen LogP) is 2.82. The Bertz CT molecular complexity index is 289. The Labute approximate surface area is 94.6 Å². The summed E-state index contributed by atoms with van der Waals surface area (Å²) in [4.78, 5) is 0. The zero-order valence-electron chi connectivity index (χ0n) is 8.60. The van der Waals surface area contributed by atoms with E-state index in [0.717, 1.165) is 0 Å². The molecule has 0 atom stereocenters. The normalized spacial score (nSPS) is 15.3. The molecule has 0 amide bonds. The average Bonchev–Trinajstić information content (AvgIpc) is 2.27. The molecule has 15 heavy (non-hydrogen) atoms. The Kier molecular flexibility index (Phi) is 5.43. The molecule has 0 aromatic heterocycles. The highest BCUT2D eigenvalue weighted by Gasteiger charge is 1.96. The summed E-state index contributed by atoms with van der Waals surface area (Å²) in [7, 11) is 0. The monoisotopic (exact) mass is 230 g/mol. The van der Waals surface area contributed by atoms with Gasteiger partial charge in [-0.1, -0.05) is 18.0 Å². The summed E-state index contributed by atoms with van der Waals surface area (Å²) < 4.78 is 12.3. The summed E-state index contributed by atoms with van der Waals surface area (Å²) in [6, 6.07) is 4.07. The smallest absolute Gasteiger partial charge is 0.141 e. The lowest BCUT2D eigenvalue weighted by molar-refractivity contribution is 0.520. The Morgan fingerprint density at radius 1 is 1.20 bits per heavy atom. The number of nitrogens with two attached hydrogens (primary N) is 1. The average molecular weight is 231 g/mol. The van der Waals surface area contributed by atoms with Crippen LogP contribution in [0.25, 0.3) is 0 Å². The van der Waals surface area contributed by atoms with Gasteiger partial charge in [0, 0.05) is 5.69 Å². The minimum atomic E-state index is -0.439. The summed E-state index contributed by atoms with van der Waals surface area (Å²) in [6.07, 6.45) is 4.22. The minimum absolute atomic E-state index is 0.0648. The fourth-order valence-corrected chi connectivity index (χ4v) is 1.50. The first-order valence-corrected chi connectivity index (χ1v) is 5.49. The number of benzene rings is 1. The van der Waals surface area contributed by atoms with E-state index in [1.165, 1.54) is 50.6 Å². The molecule has 0 spiro atoms. The molecule has 3 N–H and O–H groups in total. The molecule has 2 rings (SSSR count). The van der Waals surface area contributed by atoms with Gasteiger partial charge in [0.2, 0.25) is 0 Å². The van der Waals surface area contributed by atoms with Crippen LogP contribution >= 0.6 is 11.6 Å². The molecule has 1 aromatic carbocycles. The van der Waals surface area contributed by atoms with E-state index in [2.05, 4.69) is 5.32 Å². The molecule has 0 radical (unpaired) electrons.